The van der Waals surface area contributed by atoms with Gasteiger partial charge in [0.05, 0.1) is 11.0 Å². The van der Waals surface area contributed by atoms with Crippen molar-refractivity contribution in [3.05, 3.63) is 204 Å². The third-order valence-corrected chi connectivity index (χ3v) is 9.57. The third-order valence-electron chi connectivity index (χ3n) is 9.57. The van der Waals surface area contributed by atoms with Gasteiger partial charge in [-0.2, -0.15) is 0 Å². The second-order valence-electron chi connectivity index (χ2n) is 12.6. The van der Waals surface area contributed by atoms with E-state index in [1.165, 1.54) is 21.9 Å². The Morgan fingerprint density at radius 2 is 0.860 bits per heavy atom. The van der Waals surface area contributed by atoms with Gasteiger partial charge in [-0.1, -0.05) is 121 Å². The lowest BCUT2D eigenvalue weighted by atomic mass is 10.0. The number of benzene rings is 8. The monoisotopic (exact) mass is 640 g/mol. The van der Waals surface area contributed by atoms with Crippen molar-refractivity contribution in [1.82, 2.24) is 4.57 Å². The number of aromatic nitrogens is 1. The van der Waals surface area contributed by atoms with Gasteiger partial charge < -0.3 is 9.47 Å². The Bertz CT molecular complexity index is 2650. The van der Waals surface area contributed by atoms with Crippen molar-refractivity contribution in [2.24, 2.45) is 0 Å². The topological polar surface area (TPSA) is 25.2 Å². The van der Waals surface area contributed by atoms with Gasteiger partial charge in [0.2, 0.25) is 0 Å². The molecule has 236 valence electrons. The normalized spacial score (nSPS) is 11.3. The van der Waals surface area contributed by atoms with Crippen LogP contribution in [-0.2, 0) is 0 Å². The molecule has 9 aromatic rings. The van der Waals surface area contributed by atoms with E-state index in [9.17, 15) is 4.79 Å². The molecule has 8 aromatic carbocycles. The summed E-state index contributed by atoms with van der Waals surface area (Å²) < 4.78 is 2.20. The summed E-state index contributed by atoms with van der Waals surface area (Å²) in [6.45, 7) is 0. The molecule has 0 saturated carbocycles. The highest BCUT2D eigenvalue weighted by atomic mass is 16.1. The van der Waals surface area contributed by atoms with Gasteiger partial charge in [0.25, 0.3) is 0 Å². The zero-order valence-electron chi connectivity index (χ0n) is 27.3. The minimum Gasteiger partial charge on any atom is -0.310 e. The van der Waals surface area contributed by atoms with Crippen molar-refractivity contribution in [1.29, 1.82) is 0 Å². The molecule has 0 bridgehead atoms. The van der Waals surface area contributed by atoms with Gasteiger partial charge in [0, 0.05) is 33.5 Å². The zero-order chi connectivity index (χ0) is 33.4. The molecule has 0 amide bonds. The number of hydrogen-bond acceptors (Lipinski definition) is 2. The molecule has 0 saturated heterocycles. The molecule has 0 radical (unpaired) electrons. The van der Waals surface area contributed by atoms with E-state index in [4.69, 9.17) is 0 Å². The molecule has 0 aliphatic rings. The minimum atomic E-state index is 0.0601. The van der Waals surface area contributed by atoms with Crippen LogP contribution in [0.15, 0.2) is 199 Å². The highest BCUT2D eigenvalue weighted by Gasteiger charge is 2.15. The predicted octanol–water partition coefficient (Wildman–Crippen LogP) is 12.1. The second-order valence-corrected chi connectivity index (χ2v) is 12.6. The summed E-state index contributed by atoms with van der Waals surface area (Å²) in [6.07, 6.45) is 0. The molecule has 50 heavy (non-hydrogen) atoms. The van der Waals surface area contributed by atoms with Crippen LogP contribution in [0.1, 0.15) is 0 Å². The van der Waals surface area contributed by atoms with Crippen molar-refractivity contribution < 1.29 is 0 Å². The van der Waals surface area contributed by atoms with E-state index < -0.39 is 0 Å². The number of fused-ring (bicyclic) bond motifs is 3. The minimum absolute atomic E-state index is 0.0601. The Kier molecular flexibility index (Phi) is 7.29. The largest absolute Gasteiger partial charge is 0.310 e. The SMILES string of the molecule is O=c1c2ccccc2n(-c2cccc(-c3ccc(N(c4ccc(-c5ccccc5)cc4)c4ccc5ccccc5c4)cc3)c2)c2ccccc12. The van der Waals surface area contributed by atoms with Crippen LogP contribution in [-0.4, -0.2) is 4.57 Å². The first kappa shape index (κ1) is 29.4. The van der Waals surface area contributed by atoms with E-state index in [1.54, 1.807) is 0 Å². The lowest BCUT2D eigenvalue weighted by molar-refractivity contribution is 1.16. The Labute approximate surface area is 290 Å². The van der Waals surface area contributed by atoms with Crippen LogP contribution in [0.2, 0.25) is 0 Å². The lowest BCUT2D eigenvalue weighted by Gasteiger charge is -2.26. The Morgan fingerprint density at radius 3 is 1.52 bits per heavy atom. The summed E-state index contributed by atoms with van der Waals surface area (Å²) in [6, 6.07) is 67.5. The maximum atomic E-state index is 13.4. The summed E-state index contributed by atoms with van der Waals surface area (Å²) in [5.74, 6) is 0. The van der Waals surface area contributed by atoms with Crippen LogP contribution in [0, 0.1) is 0 Å². The number of para-hydroxylation sites is 2. The molecule has 0 spiro atoms. The summed E-state index contributed by atoms with van der Waals surface area (Å²) in [5, 5.41) is 3.85. The third kappa shape index (κ3) is 5.22. The fraction of sp³-hybridized carbons (Fsp3) is 0. The van der Waals surface area contributed by atoms with Crippen molar-refractivity contribution in [3.8, 4) is 27.9 Å². The molecule has 9 rings (SSSR count). The first-order valence-corrected chi connectivity index (χ1v) is 16.9. The van der Waals surface area contributed by atoms with Gasteiger partial charge in [-0.3, -0.25) is 4.79 Å². The second kappa shape index (κ2) is 12.4. The number of rotatable bonds is 6. The number of anilines is 3. The van der Waals surface area contributed by atoms with Crippen LogP contribution in [0.5, 0.6) is 0 Å². The molecular weight excluding hydrogens is 609 g/mol. The van der Waals surface area contributed by atoms with Gasteiger partial charge in [-0.15, -0.1) is 0 Å². The fourth-order valence-electron chi connectivity index (χ4n) is 7.10. The Morgan fingerprint density at radius 1 is 0.360 bits per heavy atom. The maximum absolute atomic E-state index is 13.4. The van der Waals surface area contributed by atoms with Gasteiger partial charge in [0.15, 0.2) is 5.43 Å². The van der Waals surface area contributed by atoms with Crippen molar-refractivity contribution in [2.45, 2.75) is 0 Å². The molecule has 3 heteroatoms. The summed E-state index contributed by atoms with van der Waals surface area (Å²) in [7, 11) is 0. The van der Waals surface area contributed by atoms with E-state index in [1.807, 2.05) is 54.6 Å². The maximum Gasteiger partial charge on any atom is 0.197 e. The quantitative estimate of drug-likeness (QED) is 0.169. The van der Waals surface area contributed by atoms with E-state index in [0.29, 0.717) is 10.8 Å². The number of hydrogen-bond donors (Lipinski definition) is 0. The highest BCUT2D eigenvalue weighted by molar-refractivity contribution is 5.95. The molecule has 0 aliphatic heterocycles. The molecule has 1 aromatic heterocycles. The van der Waals surface area contributed by atoms with Gasteiger partial charge in [0.1, 0.15) is 0 Å². The predicted molar refractivity (Wildman–Crippen MR) is 210 cm³/mol. The van der Waals surface area contributed by atoms with Crippen molar-refractivity contribution in [2.75, 3.05) is 4.90 Å². The average molecular weight is 641 g/mol. The highest BCUT2D eigenvalue weighted by Crippen LogP contribution is 2.38. The molecule has 0 N–H and O–H groups in total. The van der Waals surface area contributed by atoms with Crippen LogP contribution in [0.4, 0.5) is 17.1 Å². The zero-order valence-corrected chi connectivity index (χ0v) is 27.3. The van der Waals surface area contributed by atoms with Crippen LogP contribution < -0.4 is 10.3 Å². The van der Waals surface area contributed by atoms with Crippen molar-refractivity contribution in [3.63, 3.8) is 0 Å². The van der Waals surface area contributed by atoms with Crippen LogP contribution >= 0.6 is 0 Å². The number of nitrogens with zero attached hydrogens (tertiary/aromatic N) is 2. The average Bonchev–Trinajstić information content (AvgIpc) is 3.19. The van der Waals surface area contributed by atoms with Gasteiger partial charge in [-0.25, -0.2) is 0 Å². The smallest absolute Gasteiger partial charge is 0.197 e. The van der Waals surface area contributed by atoms with E-state index >= 15 is 0 Å². The standard InChI is InChI=1S/C47H32N2O/c50-47-43-17-6-8-19-45(43)49(46-20-9-7-18-44(46)47)41-16-10-15-38(31-41)36-23-28-40(29-24-36)48(42-30-25-34-13-4-5-14-37(34)32-42)39-26-21-35(22-27-39)33-11-2-1-3-12-33/h1-32H. The van der Waals surface area contributed by atoms with Crippen molar-refractivity contribution >= 4 is 49.6 Å². The summed E-state index contributed by atoms with van der Waals surface area (Å²) in [4.78, 5) is 15.7. The number of pyridine rings is 1. The Hall–Kier alpha value is -6.71. The van der Waals surface area contributed by atoms with Gasteiger partial charge >= 0.3 is 0 Å². The van der Waals surface area contributed by atoms with Gasteiger partial charge in [-0.05, 0) is 106 Å². The first-order valence-electron chi connectivity index (χ1n) is 16.9. The summed E-state index contributed by atoms with van der Waals surface area (Å²) >= 11 is 0. The molecule has 0 atom stereocenters. The summed E-state index contributed by atoms with van der Waals surface area (Å²) in [5.41, 5.74) is 10.7. The van der Waals surface area contributed by atoms with E-state index in [0.717, 1.165) is 44.9 Å². The molecule has 3 nitrogen and oxygen atoms in total. The van der Waals surface area contributed by atoms with Crippen LogP contribution in [0.25, 0.3) is 60.5 Å². The van der Waals surface area contributed by atoms with E-state index in [2.05, 4.69) is 149 Å². The molecular formula is C47H32N2O. The molecule has 0 aliphatic carbocycles. The van der Waals surface area contributed by atoms with Crippen LogP contribution in [0.3, 0.4) is 0 Å². The first-order chi connectivity index (χ1) is 24.7. The van der Waals surface area contributed by atoms with E-state index in [-0.39, 0.29) is 5.43 Å². The molecule has 0 unspecified atom stereocenters. The molecule has 0 fully saturated rings. The Balaban J connectivity index is 1.13. The molecule has 1 heterocycles. The fourth-order valence-corrected chi connectivity index (χ4v) is 7.10. The lowest BCUT2D eigenvalue weighted by Crippen LogP contribution is -2.10.